The summed E-state index contributed by atoms with van der Waals surface area (Å²) in [6, 6.07) is 0.00319. The summed E-state index contributed by atoms with van der Waals surface area (Å²) in [7, 11) is 1.43. The second-order valence-electron chi connectivity index (χ2n) is 4.28. The number of ether oxygens (including phenoxy) is 1. The average Bonchev–Trinajstić information content (AvgIpc) is 2.45. The van der Waals surface area contributed by atoms with E-state index in [2.05, 4.69) is 15.3 Å². The number of carbonyl (C=O) groups is 1. The highest BCUT2D eigenvalue weighted by Gasteiger charge is 2.36. The highest BCUT2D eigenvalue weighted by atomic mass is 35.5. The molecule has 1 fully saturated rings. The van der Waals surface area contributed by atoms with Gasteiger partial charge in [-0.05, 0) is 11.6 Å². The average molecular weight is 325 g/mol. The van der Waals surface area contributed by atoms with Crippen LogP contribution in [0.3, 0.4) is 0 Å². The minimum atomic E-state index is -4.64. The van der Waals surface area contributed by atoms with Crippen LogP contribution in [-0.2, 0) is 15.7 Å². The highest BCUT2D eigenvalue weighted by molar-refractivity contribution is 6.28. The molecule has 6 nitrogen and oxygen atoms in total. The molecule has 21 heavy (non-hydrogen) atoms. The van der Waals surface area contributed by atoms with E-state index in [0.29, 0.717) is 0 Å². The number of carbonyl (C=O) groups excluding carboxylic acids is 1. The number of nitrogens with one attached hydrogen (secondary N) is 1. The van der Waals surface area contributed by atoms with E-state index < -0.39 is 23.2 Å². The largest absolute Gasteiger partial charge is 0.433 e. The highest BCUT2D eigenvalue weighted by Crippen LogP contribution is 2.31. The second-order valence-corrected chi connectivity index (χ2v) is 4.61. The summed E-state index contributed by atoms with van der Waals surface area (Å²) in [5, 5.41) is 1.91. The molecule has 1 aliphatic heterocycles. The molecule has 2 rings (SSSR count). The molecular formula is C11H12ClF3N4O2. The number of anilines is 1. The summed E-state index contributed by atoms with van der Waals surface area (Å²) in [4.78, 5) is 20.2. The lowest BCUT2D eigenvalue weighted by molar-refractivity contribution is -0.141. The first kappa shape index (κ1) is 15.8. The molecule has 2 heterocycles. The van der Waals surface area contributed by atoms with E-state index in [1.165, 1.54) is 11.9 Å². The van der Waals surface area contributed by atoms with Crippen LogP contribution in [0.5, 0.6) is 0 Å². The first-order valence-electron chi connectivity index (χ1n) is 6.00. The number of likely N-dealkylation sites (N-methyl/N-ethyl adjacent to an activating group) is 1. The summed E-state index contributed by atoms with van der Waals surface area (Å²) in [6.45, 7) is 0.557. The first-order valence-corrected chi connectivity index (χ1v) is 6.38. The molecule has 0 bridgehead atoms. The van der Waals surface area contributed by atoms with Gasteiger partial charge in [-0.2, -0.15) is 13.2 Å². The van der Waals surface area contributed by atoms with Crippen LogP contribution in [0.4, 0.5) is 19.0 Å². The van der Waals surface area contributed by atoms with Crippen molar-refractivity contribution in [2.75, 3.05) is 31.7 Å². The summed E-state index contributed by atoms with van der Waals surface area (Å²) < 4.78 is 43.5. The Morgan fingerprint density at radius 2 is 2.24 bits per heavy atom. The number of hydrogen-bond donors (Lipinski definition) is 1. The Kier molecular flexibility index (Phi) is 4.52. The zero-order valence-electron chi connectivity index (χ0n) is 10.9. The molecule has 1 aliphatic rings. The molecule has 1 aromatic rings. The van der Waals surface area contributed by atoms with Gasteiger partial charge in [0.05, 0.1) is 13.2 Å². The second kappa shape index (κ2) is 6.02. The van der Waals surface area contributed by atoms with E-state index in [9.17, 15) is 18.0 Å². The number of alkyl halides is 3. The van der Waals surface area contributed by atoms with Gasteiger partial charge in [0.25, 0.3) is 0 Å². The minimum Gasteiger partial charge on any atom is -0.377 e. The monoisotopic (exact) mass is 324 g/mol. The molecule has 1 amide bonds. The smallest absolute Gasteiger partial charge is 0.377 e. The summed E-state index contributed by atoms with van der Waals surface area (Å²) in [5.74, 6) is -0.433. The van der Waals surface area contributed by atoms with E-state index in [1.807, 2.05) is 0 Å². The fourth-order valence-electron chi connectivity index (χ4n) is 1.96. The van der Waals surface area contributed by atoms with Crippen LogP contribution in [0.1, 0.15) is 5.69 Å². The van der Waals surface area contributed by atoms with Crippen LogP contribution >= 0.6 is 11.6 Å². The number of morpholine rings is 1. The van der Waals surface area contributed by atoms with Crippen molar-refractivity contribution in [1.82, 2.24) is 15.3 Å². The number of rotatable bonds is 2. The molecule has 1 atom stereocenters. The van der Waals surface area contributed by atoms with Crippen molar-refractivity contribution in [2.45, 2.75) is 12.2 Å². The Morgan fingerprint density at radius 3 is 2.86 bits per heavy atom. The van der Waals surface area contributed by atoms with Gasteiger partial charge in [0.2, 0.25) is 11.2 Å². The Balaban J connectivity index is 2.39. The van der Waals surface area contributed by atoms with E-state index in [-0.39, 0.29) is 31.5 Å². The Hall–Kier alpha value is -1.61. The number of halogens is 4. The minimum absolute atomic E-state index is 0.0563. The van der Waals surface area contributed by atoms with Crippen molar-refractivity contribution in [3.8, 4) is 0 Å². The van der Waals surface area contributed by atoms with E-state index in [0.717, 1.165) is 6.07 Å². The van der Waals surface area contributed by atoms with Crippen LogP contribution in [-0.4, -0.2) is 48.7 Å². The van der Waals surface area contributed by atoms with Gasteiger partial charge in [-0.25, -0.2) is 9.97 Å². The number of nitrogens with zero attached hydrogens (tertiary/aromatic N) is 3. The SMILES string of the molecule is CNC(=O)C1COCCN1c1cc(C(F)(F)F)nc(Cl)n1. The van der Waals surface area contributed by atoms with E-state index >= 15 is 0 Å². The maximum atomic E-state index is 12.8. The third kappa shape index (κ3) is 3.53. The number of aromatic nitrogens is 2. The van der Waals surface area contributed by atoms with E-state index in [4.69, 9.17) is 16.3 Å². The van der Waals surface area contributed by atoms with Gasteiger partial charge in [0, 0.05) is 19.7 Å². The van der Waals surface area contributed by atoms with Gasteiger partial charge in [-0.3, -0.25) is 4.79 Å². The van der Waals surface area contributed by atoms with Crippen LogP contribution in [0.25, 0.3) is 0 Å². The Morgan fingerprint density at radius 1 is 1.52 bits per heavy atom. The molecule has 0 aromatic carbocycles. The lowest BCUT2D eigenvalue weighted by Gasteiger charge is -2.35. The van der Waals surface area contributed by atoms with Crippen LogP contribution in [0.15, 0.2) is 6.07 Å². The molecule has 0 spiro atoms. The Labute approximate surface area is 123 Å². The summed E-state index contributed by atoms with van der Waals surface area (Å²) >= 11 is 5.56. The van der Waals surface area contributed by atoms with Crippen LogP contribution < -0.4 is 10.2 Å². The standard InChI is InChI=1S/C11H12ClF3N4O2/c1-16-9(20)6-5-21-3-2-19(6)8-4-7(11(13,14)15)17-10(12)18-8/h4,6H,2-3,5H2,1H3,(H,16,20). The predicted molar refractivity (Wildman–Crippen MR) is 68.1 cm³/mol. The van der Waals surface area contributed by atoms with Crippen molar-refractivity contribution < 1.29 is 22.7 Å². The number of amides is 1. The van der Waals surface area contributed by atoms with Crippen molar-refractivity contribution >= 4 is 23.3 Å². The molecule has 1 N–H and O–H groups in total. The predicted octanol–water partition coefficient (Wildman–Crippen LogP) is 1.10. The normalized spacial score (nSPS) is 19.5. The van der Waals surface area contributed by atoms with Gasteiger partial charge in [0.1, 0.15) is 11.9 Å². The van der Waals surface area contributed by atoms with Crippen molar-refractivity contribution in [1.29, 1.82) is 0 Å². The lowest BCUT2D eigenvalue weighted by atomic mass is 10.2. The Bertz CT molecular complexity index is 541. The third-order valence-corrected chi connectivity index (χ3v) is 3.12. The molecule has 0 radical (unpaired) electrons. The lowest BCUT2D eigenvalue weighted by Crippen LogP contribution is -2.53. The molecule has 116 valence electrons. The molecule has 0 saturated carbocycles. The summed E-state index contributed by atoms with van der Waals surface area (Å²) in [6.07, 6.45) is -4.64. The van der Waals surface area contributed by atoms with Crippen LogP contribution in [0, 0.1) is 0 Å². The molecule has 1 aromatic heterocycles. The zero-order valence-corrected chi connectivity index (χ0v) is 11.7. The van der Waals surface area contributed by atoms with Gasteiger partial charge < -0.3 is 15.0 Å². The van der Waals surface area contributed by atoms with Crippen LogP contribution in [0.2, 0.25) is 5.28 Å². The molecular weight excluding hydrogens is 313 g/mol. The topological polar surface area (TPSA) is 67.3 Å². The van der Waals surface area contributed by atoms with Gasteiger partial charge >= 0.3 is 6.18 Å². The van der Waals surface area contributed by atoms with Gasteiger partial charge in [-0.15, -0.1) is 0 Å². The van der Waals surface area contributed by atoms with Gasteiger partial charge in [-0.1, -0.05) is 0 Å². The maximum absolute atomic E-state index is 12.8. The number of hydrogen-bond acceptors (Lipinski definition) is 5. The fraction of sp³-hybridized carbons (Fsp3) is 0.545. The first-order chi connectivity index (χ1) is 9.82. The molecule has 1 saturated heterocycles. The maximum Gasteiger partial charge on any atom is 0.433 e. The summed E-state index contributed by atoms with van der Waals surface area (Å²) in [5.41, 5.74) is -1.15. The zero-order chi connectivity index (χ0) is 15.6. The van der Waals surface area contributed by atoms with Crippen molar-refractivity contribution in [3.63, 3.8) is 0 Å². The molecule has 1 unspecified atom stereocenters. The molecule has 10 heteroatoms. The fourth-order valence-corrected chi connectivity index (χ4v) is 2.14. The molecule has 0 aliphatic carbocycles. The van der Waals surface area contributed by atoms with Crippen molar-refractivity contribution in [2.24, 2.45) is 0 Å². The third-order valence-electron chi connectivity index (χ3n) is 2.95. The quantitative estimate of drug-likeness (QED) is 0.825. The van der Waals surface area contributed by atoms with E-state index in [1.54, 1.807) is 0 Å². The van der Waals surface area contributed by atoms with Crippen molar-refractivity contribution in [3.05, 3.63) is 17.0 Å². The van der Waals surface area contributed by atoms with Gasteiger partial charge in [0.15, 0.2) is 5.69 Å².